The van der Waals surface area contributed by atoms with Gasteiger partial charge in [-0.2, -0.15) is 0 Å². The Morgan fingerprint density at radius 1 is 1.04 bits per heavy atom. The smallest absolute Gasteiger partial charge is 0.309 e. The predicted molar refractivity (Wildman–Crippen MR) is 94.2 cm³/mol. The van der Waals surface area contributed by atoms with E-state index in [1.54, 1.807) is 38.5 Å². The van der Waals surface area contributed by atoms with Crippen molar-refractivity contribution in [3.63, 3.8) is 0 Å². The Morgan fingerprint density at radius 2 is 1.74 bits per heavy atom. The molecule has 2 aromatic carbocycles. The Kier molecular flexibility index (Phi) is 5.65. The summed E-state index contributed by atoms with van der Waals surface area (Å²) in [6, 6.07) is 11.3. The van der Waals surface area contributed by atoms with Gasteiger partial charge < -0.3 is 19.2 Å². The first-order chi connectivity index (χ1) is 13.1. The molecule has 0 fully saturated rings. The van der Waals surface area contributed by atoms with Crippen molar-refractivity contribution < 1.29 is 23.1 Å². The molecule has 0 radical (unpaired) electrons. The van der Waals surface area contributed by atoms with Gasteiger partial charge in [0.2, 0.25) is 5.89 Å². The molecule has 8 heteroatoms. The summed E-state index contributed by atoms with van der Waals surface area (Å²) in [5.41, 5.74) is 1.63. The molecule has 3 rings (SSSR count). The Hall–Kier alpha value is -3.42. The summed E-state index contributed by atoms with van der Waals surface area (Å²) in [6.45, 7) is 0.229. The number of nitrogens with zero attached hydrogens (tertiary/aromatic N) is 2. The average molecular weight is 371 g/mol. The van der Waals surface area contributed by atoms with E-state index in [-0.39, 0.29) is 18.3 Å². The van der Waals surface area contributed by atoms with Crippen LogP contribution in [0.1, 0.15) is 27.7 Å². The third-order valence-electron chi connectivity index (χ3n) is 3.83. The number of benzene rings is 2. The highest BCUT2D eigenvalue weighted by atomic mass is 19.1. The Labute approximate surface area is 155 Å². The van der Waals surface area contributed by atoms with Crippen molar-refractivity contribution in [2.75, 3.05) is 14.2 Å². The summed E-state index contributed by atoms with van der Waals surface area (Å²) in [5.74, 6) is 0.549. The number of ether oxygens (including phenoxy) is 2. The first-order valence-corrected chi connectivity index (χ1v) is 8.15. The number of carbonyl (C=O) groups is 1. The highest BCUT2D eigenvalue weighted by Gasteiger charge is 2.15. The molecule has 1 aromatic heterocycles. The molecule has 0 aliphatic rings. The molecule has 140 valence electrons. The molecular formula is C19H18FN3O4. The molecule has 0 unspecified atom stereocenters. The fourth-order valence-corrected chi connectivity index (χ4v) is 2.44. The third-order valence-corrected chi connectivity index (χ3v) is 3.83. The average Bonchev–Trinajstić information content (AvgIpc) is 3.15. The fourth-order valence-electron chi connectivity index (χ4n) is 2.44. The minimum atomic E-state index is -0.495. The van der Waals surface area contributed by atoms with Gasteiger partial charge in [-0.25, -0.2) is 4.39 Å². The third kappa shape index (κ3) is 4.60. The second-order valence-electron chi connectivity index (χ2n) is 5.68. The van der Waals surface area contributed by atoms with Gasteiger partial charge in [-0.1, -0.05) is 18.2 Å². The van der Waals surface area contributed by atoms with E-state index in [0.717, 1.165) is 11.1 Å². The van der Waals surface area contributed by atoms with Crippen LogP contribution in [0.5, 0.6) is 11.5 Å². The van der Waals surface area contributed by atoms with Crippen LogP contribution in [-0.4, -0.2) is 30.3 Å². The van der Waals surface area contributed by atoms with E-state index >= 15 is 0 Å². The second kappa shape index (κ2) is 8.31. The molecular weight excluding hydrogens is 353 g/mol. The van der Waals surface area contributed by atoms with E-state index in [2.05, 4.69) is 15.5 Å². The number of amides is 1. The molecule has 0 atom stereocenters. The number of rotatable bonds is 7. The Morgan fingerprint density at radius 3 is 2.44 bits per heavy atom. The van der Waals surface area contributed by atoms with Crippen molar-refractivity contribution in [1.29, 1.82) is 0 Å². The molecule has 27 heavy (non-hydrogen) atoms. The van der Waals surface area contributed by atoms with E-state index in [0.29, 0.717) is 23.8 Å². The molecule has 0 aliphatic carbocycles. The maximum Gasteiger partial charge on any atom is 0.309 e. The van der Waals surface area contributed by atoms with Gasteiger partial charge in [-0.3, -0.25) is 4.79 Å². The molecule has 7 nitrogen and oxygen atoms in total. The second-order valence-corrected chi connectivity index (χ2v) is 5.68. The zero-order valence-corrected chi connectivity index (χ0v) is 14.9. The van der Waals surface area contributed by atoms with Gasteiger partial charge in [0.25, 0.3) is 0 Å². The number of nitrogens with one attached hydrogen (secondary N) is 1. The summed E-state index contributed by atoms with van der Waals surface area (Å²) < 4.78 is 28.8. The SMILES string of the molecule is COc1ccc(Cc2nnc(C(=O)NCc3ccc(F)cc3)o2)cc1OC. The summed E-state index contributed by atoms with van der Waals surface area (Å²) >= 11 is 0. The van der Waals surface area contributed by atoms with E-state index in [1.165, 1.54) is 12.1 Å². The lowest BCUT2D eigenvalue weighted by Crippen LogP contribution is -2.23. The molecule has 3 aromatic rings. The van der Waals surface area contributed by atoms with Crippen LogP contribution in [0, 0.1) is 5.82 Å². The van der Waals surface area contributed by atoms with Crippen LogP contribution < -0.4 is 14.8 Å². The summed E-state index contributed by atoms with van der Waals surface area (Å²) in [4.78, 5) is 12.1. The topological polar surface area (TPSA) is 86.5 Å². The maximum atomic E-state index is 12.9. The van der Waals surface area contributed by atoms with Gasteiger partial charge in [0.1, 0.15) is 5.82 Å². The first-order valence-electron chi connectivity index (χ1n) is 8.15. The number of hydrogen-bond donors (Lipinski definition) is 1. The van der Waals surface area contributed by atoms with Gasteiger partial charge in [0, 0.05) is 6.54 Å². The molecule has 0 saturated heterocycles. The van der Waals surface area contributed by atoms with Gasteiger partial charge in [-0.15, -0.1) is 10.2 Å². The van der Waals surface area contributed by atoms with Crippen LogP contribution in [0.15, 0.2) is 46.9 Å². The maximum absolute atomic E-state index is 12.9. The normalized spacial score (nSPS) is 10.5. The van der Waals surface area contributed by atoms with Gasteiger partial charge in [0.05, 0.1) is 20.6 Å². The zero-order valence-electron chi connectivity index (χ0n) is 14.9. The summed E-state index contributed by atoms with van der Waals surface area (Å²) in [7, 11) is 3.12. The van der Waals surface area contributed by atoms with Gasteiger partial charge in [-0.05, 0) is 35.4 Å². The number of aromatic nitrogens is 2. The van der Waals surface area contributed by atoms with E-state index in [4.69, 9.17) is 13.9 Å². The summed E-state index contributed by atoms with van der Waals surface area (Å²) in [5, 5.41) is 10.3. The molecule has 1 N–H and O–H groups in total. The lowest BCUT2D eigenvalue weighted by molar-refractivity contribution is 0.0914. The van der Waals surface area contributed by atoms with E-state index in [1.807, 2.05) is 6.07 Å². The van der Waals surface area contributed by atoms with Crippen molar-refractivity contribution in [2.24, 2.45) is 0 Å². The lowest BCUT2D eigenvalue weighted by Gasteiger charge is -2.08. The minimum absolute atomic E-state index is 0.132. The molecule has 1 heterocycles. The monoisotopic (exact) mass is 371 g/mol. The highest BCUT2D eigenvalue weighted by Crippen LogP contribution is 2.28. The van der Waals surface area contributed by atoms with Crippen LogP contribution in [-0.2, 0) is 13.0 Å². The van der Waals surface area contributed by atoms with Crippen molar-refractivity contribution >= 4 is 5.91 Å². The van der Waals surface area contributed by atoms with E-state index in [9.17, 15) is 9.18 Å². The van der Waals surface area contributed by atoms with Crippen molar-refractivity contribution in [3.8, 4) is 11.5 Å². The Bertz CT molecular complexity index is 925. The van der Waals surface area contributed by atoms with Crippen molar-refractivity contribution in [3.05, 3.63) is 71.2 Å². The van der Waals surface area contributed by atoms with Crippen LogP contribution in [0.4, 0.5) is 4.39 Å². The number of hydrogen-bond acceptors (Lipinski definition) is 6. The number of methoxy groups -OCH3 is 2. The largest absolute Gasteiger partial charge is 0.493 e. The van der Waals surface area contributed by atoms with Crippen LogP contribution >= 0.6 is 0 Å². The van der Waals surface area contributed by atoms with Gasteiger partial charge in [0.15, 0.2) is 11.5 Å². The quantitative estimate of drug-likeness (QED) is 0.687. The molecule has 0 saturated carbocycles. The number of carbonyl (C=O) groups excluding carboxylic acids is 1. The standard InChI is InChI=1S/C19H18FN3O4/c1-25-15-8-5-13(9-16(15)26-2)10-17-22-23-19(27-17)18(24)21-11-12-3-6-14(20)7-4-12/h3-9H,10-11H2,1-2H3,(H,21,24). The lowest BCUT2D eigenvalue weighted by atomic mass is 10.1. The van der Waals surface area contributed by atoms with Crippen molar-refractivity contribution in [2.45, 2.75) is 13.0 Å². The Balaban J connectivity index is 1.62. The zero-order chi connectivity index (χ0) is 19.2. The molecule has 0 spiro atoms. The van der Waals surface area contributed by atoms with Crippen LogP contribution in [0.25, 0.3) is 0 Å². The highest BCUT2D eigenvalue weighted by molar-refractivity contribution is 5.89. The van der Waals surface area contributed by atoms with Crippen LogP contribution in [0.2, 0.25) is 0 Å². The van der Waals surface area contributed by atoms with E-state index < -0.39 is 5.91 Å². The summed E-state index contributed by atoms with van der Waals surface area (Å²) in [6.07, 6.45) is 0.346. The van der Waals surface area contributed by atoms with Gasteiger partial charge >= 0.3 is 11.8 Å². The van der Waals surface area contributed by atoms with Crippen LogP contribution in [0.3, 0.4) is 0 Å². The minimum Gasteiger partial charge on any atom is -0.493 e. The first kappa shape index (κ1) is 18.4. The van der Waals surface area contributed by atoms with Crippen molar-refractivity contribution in [1.82, 2.24) is 15.5 Å². The molecule has 0 bridgehead atoms. The molecule has 0 aliphatic heterocycles. The number of halogens is 1. The molecule has 1 amide bonds. The fraction of sp³-hybridized carbons (Fsp3) is 0.211. The predicted octanol–water partition coefficient (Wildman–Crippen LogP) is 2.75.